The first kappa shape index (κ1) is 18.6. The van der Waals surface area contributed by atoms with E-state index >= 15 is 0 Å². The van der Waals surface area contributed by atoms with Gasteiger partial charge in [0, 0.05) is 29.5 Å². The number of rotatable bonds is 4. The number of pyridine rings is 2. The predicted octanol–water partition coefficient (Wildman–Crippen LogP) is 6.54. The van der Waals surface area contributed by atoms with Gasteiger partial charge in [-0.2, -0.15) is 0 Å². The van der Waals surface area contributed by atoms with Gasteiger partial charge >= 0.3 is 0 Å². The summed E-state index contributed by atoms with van der Waals surface area (Å²) in [5.74, 6) is 0. The third kappa shape index (κ3) is 3.65. The molecule has 0 fully saturated rings. The summed E-state index contributed by atoms with van der Waals surface area (Å²) in [5.41, 5.74) is 7.19. The van der Waals surface area contributed by atoms with Crippen molar-refractivity contribution < 1.29 is 4.92 Å². The van der Waals surface area contributed by atoms with E-state index in [0.717, 1.165) is 33.3 Å². The van der Waals surface area contributed by atoms with E-state index in [-0.39, 0.29) is 5.69 Å². The molecule has 5 rings (SSSR count). The van der Waals surface area contributed by atoms with Gasteiger partial charge in [0.25, 0.3) is 5.69 Å². The monoisotopic (exact) mass is 403 g/mol. The van der Waals surface area contributed by atoms with E-state index in [2.05, 4.69) is 41.4 Å². The van der Waals surface area contributed by atoms with Gasteiger partial charge in [0.05, 0.1) is 21.7 Å². The highest BCUT2D eigenvalue weighted by Crippen LogP contribution is 2.33. The summed E-state index contributed by atoms with van der Waals surface area (Å²) in [5, 5.41) is 11.2. The molecule has 0 aliphatic heterocycles. The van der Waals surface area contributed by atoms with E-state index < -0.39 is 4.92 Å². The van der Waals surface area contributed by atoms with E-state index in [1.165, 1.54) is 6.07 Å². The number of nitro benzene ring substituents is 1. The van der Waals surface area contributed by atoms with Crippen molar-refractivity contribution in [1.29, 1.82) is 0 Å². The first-order valence-electron chi connectivity index (χ1n) is 9.85. The van der Waals surface area contributed by atoms with Gasteiger partial charge < -0.3 is 0 Å². The van der Waals surface area contributed by atoms with Gasteiger partial charge in [0.15, 0.2) is 0 Å². The molecule has 0 radical (unpaired) electrons. The van der Waals surface area contributed by atoms with E-state index in [9.17, 15) is 10.1 Å². The number of hydrogen-bond acceptors (Lipinski definition) is 4. The van der Waals surface area contributed by atoms with Crippen LogP contribution in [-0.2, 0) is 0 Å². The molecule has 0 aliphatic carbocycles. The lowest BCUT2D eigenvalue weighted by Crippen LogP contribution is -1.93. The smallest absolute Gasteiger partial charge is 0.258 e. The summed E-state index contributed by atoms with van der Waals surface area (Å²) in [6.45, 7) is 0. The molecule has 0 spiro atoms. The van der Waals surface area contributed by atoms with Crippen molar-refractivity contribution in [2.24, 2.45) is 0 Å². The highest BCUT2D eigenvalue weighted by atomic mass is 16.6. The lowest BCUT2D eigenvalue weighted by atomic mass is 9.98. The second-order valence-corrected chi connectivity index (χ2v) is 7.18. The molecule has 0 atom stereocenters. The Labute approximate surface area is 178 Å². The molecule has 0 unspecified atom stereocenters. The number of nitrogens with zero attached hydrogens (tertiary/aromatic N) is 3. The maximum atomic E-state index is 11.2. The van der Waals surface area contributed by atoms with Crippen LogP contribution in [0.4, 0.5) is 5.69 Å². The highest BCUT2D eigenvalue weighted by molar-refractivity contribution is 5.94. The molecule has 31 heavy (non-hydrogen) atoms. The van der Waals surface area contributed by atoms with Crippen LogP contribution in [0.2, 0.25) is 0 Å². The maximum Gasteiger partial charge on any atom is 0.270 e. The van der Waals surface area contributed by atoms with Crippen LogP contribution in [0.25, 0.3) is 44.5 Å². The van der Waals surface area contributed by atoms with E-state index in [1.54, 1.807) is 18.3 Å². The van der Waals surface area contributed by atoms with E-state index in [0.29, 0.717) is 11.3 Å². The highest BCUT2D eigenvalue weighted by Gasteiger charge is 2.13. The van der Waals surface area contributed by atoms with Crippen LogP contribution in [-0.4, -0.2) is 14.9 Å². The van der Waals surface area contributed by atoms with Crippen LogP contribution in [0.15, 0.2) is 103 Å². The third-order valence-electron chi connectivity index (χ3n) is 5.22. The van der Waals surface area contributed by atoms with Crippen LogP contribution < -0.4 is 0 Å². The molecule has 0 amide bonds. The summed E-state index contributed by atoms with van der Waals surface area (Å²) >= 11 is 0. The zero-order chi connectivity index (χ0) is 21.2. The van der Waals surface area contributed by atoms with Crippen molar-refractivity contribution in [1.82, 2.24) is 9.97 Å². The van der Waals surface area contributed by atoms with Crippen LogP contribution in [0.3, 0.4) is 0 Å². The molecule has 2 heterocycles. The van der Waals surface area contributed by atoms with Crippen molar-refractivity contribution in [2.45, 2.75) is 0 Å². The zero-order valence-corrected chi connectivity index (χ0v) is 16.5. The minimum atomic E-state index is -0.394. The lowest BCUT2D eigenvalue weighted by Gasteiger charge is -2.10. The van der Waals surface area contributed by atoms with Gasteiger partial charge in [0.2, 0.25) is 0 Å². The Kier molecular flexibility index (Phi) is 4.69. The molecule has 0 saturated carbocycles. The van der Waals surface area contributed by atoms with Crippen molar-refractivity contribution in [3.05, 3.63) is 113 Å². The predicted molar refractivity (Wildman–Crippen MR) is 123 cm³/mol. The van der Waals surface area contributed by atoms with Gasteiger partial charge in [-0.15, -0.1) is 0 Å². The molecule has 0 aliphatic rings. The number of nitro groups is 1. The second-order valence-electron chi connectivity index (χ2n) is 7.18. The lowest BCUT2D eigenvalue weighted by molar-refractivity contribution is -0.384. The number of non-ortho nitro benzene ring substituents is 1. The maximum absolute atomic E-state index is 11.2. The summed E-state index contributed by atoms with van der Waals surface area (Å²) in [6, 6.07) is 30.8. The van der Waals surface area contributed by atoms with Gasteiger partial charge in [-0.05, 0) is 34.9 Å². The number of aromatic nitrogens is 2. The zero-order valence-electron chi connectivity index (χ0n) is 16.5. The third-order valence-corrected chi connectivity index (χ3v) is 5.22. The summed E-state index contributed by atoms with van der Waals surface area (Å²) in [7, 11) is 0. The quantitative estimate of drug-likeness (QED) is 0.252. The van der Waals surface area contributed by atoms with Crippen molar-refractivity contribution >= 4 is 16.7 Å². The SMILES string of the molecule is O=[N+]([O-])c1cccc(-c2cc(-c3ccc(-c4ccccc4)cc3)c3ncccc3n2)c1. The molecular formula is C26H17N3O2. The molecule has 0 N–H and O–H groups in total. The Balaban J connectivity index is 1.65. The molecule has 0 bridgehead atoms. The van der Waals surface area contributed by atoms with Crippen LogP contribution in [0, 0.1) is 10.1 Å². The molecule has 148 valence electrons. The summed E-state index contributed by atoms with van der Waals surface area (Å²) < 4.78 is 0. The normalized spacial score (nSPS) is 10.8. The number of benzene rings is 3. The topological polar surface area (TPSA) is 68.9 Å². The first-order valence-corrected chi connectivity index (χ1v) is 9.85. The van der Waals surface area contributed by atoms with Crippen molar-refractivity contribution in [3.8, 4) is 33.5 Å². The van der Waals surface area contributed by atoms with E-state index in [4.69, 9.17) is 4.98 Å². The minimum absolute atomic E-state index is 0.0411. The average Bonchev–Trinajstić information content (AvgIpc) is 2.84. The standard InChI is InChI=1S/C26H17N3O2/c30-29(31)22-9-4-8-21(16-22)25-17-23(26-24(28-25)10-5-15-27-26)20-13-11-19(12-14-20)18-6-2-1-3-7-18/h1-17H. The van der Waals surface area contributed by atoms with Crippen molar-refractivity contribution in [3.63, 3.8) is 0 Å². The minimum Gasteiger partial charge on any atom is -0.258 e. The molecule has 5 nitrogen and oxygen atoms in total. The van der Waals surface area contributed by atoms with Crippen LogP contribution >= 0.6 is 0 Å². The Morgan fingerprint density at radius 2 is 1.39 bits per heavy atom. The fraction of sp³-hybridized carbons (Fsp3) is 0. The summed E-state index contributed by atoms with van der Waals surface area (Å²) in [4.78, 5) is 20.1. The fourth-order valence-corrected chi connectivity index (χ4v) is 3.68. The van der Waals surface area contributed by atoms with Crippen LogP contribution in [0.5, 0.6) is 0 Å². The molecule has 2 aromatic heterocycles. The van der Waals surface area contributed by atoms with E-state index in [1.807, 2.05) is 42.5 Å². The molecule has 5 aromatic rings. The first-order chi connectivity index (χ1) is 15.2. The Morgan fingerprint density at radius 3 is 2.16 bits per heavy atom. The molecule has 0 saturated heterocycles. The van der Waals surface area contributed by atoms with Crippen molar-refractivity contribution in [2.75, 3.05) is 0 Å². The Hall–Kier alpha value is -4.38. The Bertz CT molecular complexity index is 1400. The largest absolute Gasteiger partial charge is 0.270 e. The number of hydrogen-bond donors (Lipinski definition) is 0. The Morgan fingerprint density at radius 1 is 0.677 bits per heavy atom. The second kappa shape index (κ2) is 7.80. The van der Waals surface area contributed by atoms with Gasteiger partial charge in [-0.3, -0.25) is 15.1 Å². The van der Waals surface area contributed by atoms with Gasteiger partial charge in [0.1, 0.15) is 0 Å². The van der Waals surface area contributed by atoms with Gasteiger partial charge in [-0.1, -0.05) is 66.7 Å². The average molecular weight is 403 g/mol. The molecular weight excluding hydrogens is 386 g/mol. The fourth-order valence-electron chi connectivity index (χ4n) is 3.68. The van der Waals surface area contributed by atoms with Crippen LogP contribution in [0.1, 0.15) is 0 Å². The molecule has 3 aromatic carbocycles. The number of fused-ring (bicyclic) bond motifs is 1. The molecule has 5 heteroatoms. The summed E-state index contributed by atoms with van der Waals surface area (Å²) in [6.07, 6.45) is 1.75. The van der Waals surface area contributed by atoms with Gasteiger partial charge in [-0.25, -0.2) is 4.98 Å².